The second-order valence-corrected chi connectivity index (χ2v) is 4.40. The van der Waals surface area contributed by atoms with Gasteiger partial charge in [-0.05, 0) is 31.2 Å². The van der Waals surface area contributed by atoms with Crippen LogP contribution in [0.3, 0.4) is 0 Å². The van der Waals surface area contributed by atoms with Crippen molar-refractivity contribution < 1.29 is 4.74 Å². The molecule has 16 heavy (non-hydrogen) atoms. The van der Waals surface area contributed by atoms with Gasteiger partial charge in [-0.2, -0.15) is 0 Å². The molecule has 1 aromatic rings. The molecule has 0 bridgehead atoms. The number of nitrogens with zero attached hydrogens (tertiary/aromatic N) is 1. The summed E-state index contributed by atoms with van der Waals surface area (Å²) < 4.78 is 5.11. The van der Waals surface area contributed by atoms with Gasteiger partial charge in [0.25, 0.3) is 0 Å². The molecular formula is C13H20N2O. The fraction of sp³-hybridized carbons (Fsp3) is 0.615. The molecule has 1 fully saturated rings. The van der Waals surface area contributed by atoms with Crippen molar-refractivity contribution in [3.05, 3.63) is 23.9 Å². The number of methoxy groups -OCH3 is 1. The first-order valence-electron chi connectivity index (χ1n) is 6.06. The highest BCUT2D eigenvalue weighted by Gasteiger charge is 2.29. The fourth-order valence-electron chi connectivity index (χ4n) is 2.05. The van der Waals surface area contributed by atoms with Crippen LogP contribution < -0.4 is 10.1 Å². The highest BCUT2D eigenvalue weighted by atomic mass is 16.5. The monoisotopic (exact) mass is 220 g/mol. The molecule has 1 saturated carbocycles. The molecule has 1 aliphatic rings. The molecule has 0 radical (unpaired) electrons. The van der Waals surface area contributed by atoms with Crippen LogP contribution in [0.15, 0.2) is 18.2 Å². The normalized spacial score (nSPS) is 17.1. The summed E-state index contributed by atoms with van der Waals surface area (Å²) in [7, 11) is 1.65. The van der Waals surface area contributed by atoms with E-state index in [1.54, 1.807) is 7.11 Å². The summed E-state index contributed by atoms with van der Waals surface area (Å²) in [4.78, 5) is 4.39. The number of pyridine rings is 1. The van der Waals surface area contributed by atoms with Crippen molar-refractivity contribution in [1.82, 2.24) is 10.3 Å². The van der Waals surface area contributed by atoms with Gasteiger partial charge in [-0.1, -0.05) is 13.0 Å². The molecule has 1 N–H and O–H groups in total. The quantitative estimate of drug-likeness (QED) is 0.799. The first-order chi connectivity index (χ1) is 7.83. The van der Waals surface area contributed by atoms with Gasteiger partial charge in [0.15, 0.2) is 0 Å². The van der Waals surface area contributed by atoms with E-state index in [4.69, 9.17) is 4.74 Å². The lowest BCUT2D eigenvalue weighted by atomic mass is 10.1. The van der Waals surface area contributed by atoms with Crippen molar-refractivity contribution >= 4 is 0 Å². The zero-order valence-corrected chi connectivity index (χ0v) is 10.1. The zero-order chi connectivity index (χ0) is 11.4. The number of aromatic nitrogens is 1. The molecule has 3 heteroatoms. The van der Waals surface area contributed by atoms with E-state index in [2.05, 4.69) is 17.2 Å². The summed E-state index contributed by atoms with van der Waals surface area (Å²) in [6, 6.07) is 6.56. The van der Waals surface area contributed by atoms with Crippen LogP contribution >= 0.6 is 0 Å². The van der Waals surface area contributed by atoms with Gasteiger partial charge in [-0.15, -0.1) is 0 Å². The van der Waals surface area contributed by atoms with Crippen molar-refractivity contribution in [2.75, 3.05) is 7.11 Å². The predicted octanol–water partition coefficient (Wildman–Crippen LogP) is 2.37. The summed E-state index contributed by atoms with van der Waals surface area (Å²) in [5.74, 6) is 1.59. The van der Waals surface area contributed by atoms with Crippen molar-refractivity contribution in [2.45, 2.75) is 38.8 Å². The van der Waals surface area contributed by atoms with Crippen LogP contribution in [0.4, 0.5) is 0 Å². The van der Waals surface area contributed by atoms with Crippen LogP contribution in [-0.2, 0) is 6.54 Å². The zero-order valence-electron chi connectivity index (χ0n) is 10.1. The molecule has 1 aromatic heterocycles. The van der Waals surface area contributed by atoms with E-state index < -0.39 is 0 Å². The summed E-state index contributed by atoms with van der Waals surface area (Å²) in [5, 5.41) is 3.58. The SMILES string of the molecule is CCC(NCc1cccc(OC)n1)C1CC1. The Bertz CT molecular complexity index is 336. The minimum Gasteiger partial charge on any atom is -0.481 e. The van der Waals surface area contributed by atoms with Gasteiger partial charge in [0.05, 0.1) is 12.8 Å². The molecule has 1 aliphatic carbocycles. The molecular weight excluding hydrogens is 200 g/mol. The molecule has 2 rings (SSSR count). The summed E-state index contributed by atoms with van der Waals surface area (Å²) >= 11 is 0. The molecule has 0 spiro atoms. The van der Waals surface area contributed by atoms with Crippen LogP contribution in [0.1, 0.15) is 31.9 Å². The fourth-order valence-corrected chi connectivity index (χ4v) is 2.05. The number of nitrogens with one attached hydrogen (secondary N) is 1. The first kappa shape index (κ1) is 11.4. The Labute approximate surface area is 97.2 Å². The van der Waals surface area contributed by atoms with E-state index in [1.807, 2.05) is 18.2 Å². The highest BCUT2D eigenvalue weighted by molar-refractivity contribution is 5.15. The van der Waals surface area contributed by atoms with Crippen LogP contribution in [0.25, 0.3) is 0 Å². The van der Waals surface area contributed by atoms with Crippen molar-refractivity contribution in [3.63, 3.8) is 0 Å². The average Bonchev–Trinajstić information content (AvgIpc) is 3.15. The standard InChI is InChI=1S/C13H20N2O/c1-3-12(10-7-8-10)14-9-11-5-4-6-13(15-11)16-2/h4-6,10,12,14H,3,7-9H2,1-2H3. The lowest BCUT2D eigenvalue weighted by Crippen LogP contribution is -2.30. The molecule has 1 heterocycles. The molecule has 0 saturated heterocycles. The van der Waals surface area contributed by atoms with Crippen LogP contribution in [0.5, 0.6) is 5.88 Å². The second-order valence-electron chi connectivity index (χ2n) is 4.40. The Hall–Kier alpha value is -1.09. The van der Waals surface area contributed by atoms with E-state index in [9.17, 15) is 0 Å². The van der Waals surface area contributed by atoms with E-state index in [1.165, 1.54) is 19.3 Å². The predicted molar refractivity (Wildman–Crippen MR) is 64.4 cm³/mol. The molecule has 0 aliphatic heterocycles. The average molecular weight is 220 g/mol. The minimum absolute atomic E-state index is 0.660. The Balaban J connectivity index is 1.87. The first-order valence-corrected chi connectivity index (χ1v) is 6.06. The minimum atomic E-state index is 0.660. The third-order valence-electron chi connectivity index (χ3n) is 3.17. The van der Waals surface area contributed by atoms with Gasteiger partial charge < -0.3 is 10.1 Å². The van der Waals surface area contributed by atoms with Crippen molar-refractivity contribution in [2.24, 2.45) is 5.92 Å². The molecule has 88 valence electrons. The number of rotatable bonds is 6. The van der Waals surface area contributed by atoms with Gasteiger partial charge in [0, 0.05) is 18.7 Å². The number of hydrogen-bond donors (Lipinski definition) is 1. The number of ether oxygens (including phenoxy) is 1. The van der Waals surface area contributed by atoms with Crippen molar-refractivity contribution in [3.8, 4) is 5.88 Å². The Morgan fingerprint density at radius 1 is 1.50 bits per heavy atom. The van der Waals surface area contributed by atoms with E-state index in [0.717, 1.165) is 18.2 Å². The third kappa shape index (κ3) is 2.95. The molecule has 3 nitrogen and oxygen atoms in total. The number of hydrogen-bond acceptors (Lipinski definition) is 3. The smallest absolute Gasteiger partial charge is 0.213 e. The van der Waals surface area contributed by atoms with E-state index >= 15 is 0 Å². The maximum absolute atomic E-state index is 5.11. The van der Waals surface area contributed by atoms with Gasteiger partial charge in [-0.3, -0.25) is 0 Å². The lowest BCUT2D eigenvalue weighted by Gasteiger charge is -2.15. The van der Waals surface area contributed by atoms with Gasteiger partial charge >= 0.3 is 0 Å². The van der Waals surface area contributed by atoms with Gasteiger partial charge in [0.2, 0.25) is 5.88 Å². The van der Waals surface area contributed by atoms with E-state index in [0.29, 0.717) is 11.9 Å². The molecule has 0 aromatic carbocycles. The Kier molecular flexibility index (Phi) is 3.78. The summed E-state index contributed by atoms with van der Waals surface area (Å²) in [5.41, 5.74) is 1.05. The molecule has 0 amide bonds. The lowest BCUT2D eigenvalue weighted by molar-refractivity contribution is 0.393. The van der Waals surface area contributed by atoms with Gasteiger partial charge in [-0.25, -0.2) is 4.98 Å². The Morgan fingerprint density at radius 3 is 2.94 bits per heavy atom. The summed E-state index contributed by atoms with van der Waals surface area (Å²) in [6.07, 6.45) is 3.97. The largest absolute Gasteiger partial charge is 0.481 e. The highest BCUT2D eigenvalue weighted by Crippen LogP contribution is 2.33. The molecule has 1 unspecified atom stereocenters. The Morgan fingerprint density at radius 2 is 2.31 bits per heavy atom. The topological polar surface area (TPSA) is 34.1 Å². The maximum Gasteiger partial charge on any atom is 0.213 e. The van der Waals surface area contributed by atoms with Crippen molar-refractivity contribution in [1.29, 1.82) is 0 Å². The summed E-state index contributed by atoms with van der Waals surface area (Å²) in [6.45, 7) is 3.08. The molecule has 1 atom stereocenters. The van der Waals surface area contributed by atoms with Crippen LogP contribution in [0.2, 0.25) is 0 Å². The van der Waals surface area contributed by atoms with Gasteiger partial charge in [0.1, 0.15) is 0 Å². The second kappa shape index (κ2) is 5.30. The van der Waals surface area contributed by atoms with Crippen LogP contribution in [0, 0.1) is 5.92 Å². The van der Waals surface area contributed by atoms with Crippen LogP contribution in [-0.4, -0.2) is 18.1 Å². The third-order valence-corrected chi connectivity index (χ3v) is 3.17. The van der Waals surface area contributed by atoms with E-state index in [-0.39, 0.29) is 0 Å². The maximum atomic E-state index is 5.11.